The van der Waals surface area contributed by atoms with Gasteiger partial charge in [-0.05, 0) is 18.9 Å². The number of rotatable bonds is 9. The van der Waals surface area contributed by atoms with E-state index in [0.29, 0.717) is 5.92 Å². The van der Waals surface area contributed by atoms with Crippen LogP contribution >= 0.6 is 0 Å². The topological polar surface area (TPSA) is 21.3 Å². The zero-order valence-corrected chi connectivity index (χ0v) is 10.9. The number of alkyl halides is 3. The van der Waals surface area contributed by atoms with Crippen LogP contribution in [0.5, 0.6) is 0 Å². The molecule has 0 aliphatic rings. The molecule has 0 spiro atoms. The van der Waals surface area contributed by atoms with Gasteiger partial charge < -0.3 is 10.1 Å². The third-order valence-electron chi connectivity index (χ3n) is 2.41. The molecule has 0 aromatic rings. The average Bonchev–Trinajstić information content (AvgIpc) is 2.15. The summed E-state index contributed by atoms with van der Waals surface area (Å²) in [6.07, 6.45) is -1.25. The molecule has 0 aliphatic heterocycles. The predicted octanol–water partition coefficient (Wildman–Crippen LogP) is 3.37. The Kier molecular flexibility index (Phi) is 8.60. The number of ether oxygens (including phenoxy) is 1. The van der Waals surface area contributed by atoms with Gasteiger partial charge in [0.05, 0.1) is 6.61 Å². The second kappa shape index (κ2) is 8.75. The fourth-order valence-corrected chi connectivity index (χ4v) is 1.62. The van der Waals surface area contributed by atoms with E-state index in [-0.39, 0.29) is 12.6 Å². The zero-order valence-electron chi connectivity index (χ0n) is 10.9. The van der Waals surface area contributed by atoms with Crippen molar-refractivity contribution in [2.75, 3.05) is 19.8 Å². The highest BCUT2D eigenvalue weighted by Crippen LogP contribution is 2.15. The number of hydrogen-bond acceptors (Lipinski definition) is 2. The van der Waals surface area contributed by atoms with Crippen LogP contribution in [0, 0.1) is 5.92 Å². The first-order valence-electron chi connectivity index (χ1n) is 6.23. The summed E-state index contributed by atoms with van der Waals surface area (Å²) in [4.78, 5) is 0. The second-order valence-corrected chi connectivity index (χ2v) is 4.71. The lowest BCUT2D eigenvalue weighted by molar-refractivity contribution is -0.175. The minimum absolute atomic E-state index is 0.0288. The molecule has 0 rings (SSSR count). The van der Waals surface area contributed by atoms with Crippen LogP contribution in [0.3, 0.4) is 0 Å². The molecule has 0 radical (unpaired) electrons. The van der Waals surface area contributed by atoms with E-state index in [9.17, 15) is 13.2 Å². The van der Waals surface area contributed by atoms with Crippen molar-refractivity contribution in [1.82, 2.24) is 5.32 Å². The summed E-state index contributed by atoms with van der Waals surface area (Å²) in [6, 6.07) is 0.0288. The molecule has 2 nitrogen and oxygen atoms in total. The lowest BCUT2D eigenvalue weighted by atomic mass is 10.0. The van der Waals surface area contributed by atoms with E-state index in [0.717, 1.165) is 25.8 Å². The van der Waals surface area contributed by atoms with Crippen LogP contribution in [0.4, 0.5) is 13.2 Å². The van der Waals surface area contributed by atoms with E-state index >= 15 is 0 Å². The Morgan fingerprint density at radius 3 is 2.29 bits per heavy atom. The van der Waals surface area contributed by atoms with Crippen molar-refractivity contribution < 1.29 is 17.9 Å². The van der Waals surface area contributed by atoms with Crippen LogP contribution in [-0.4, -0.2) is 32.0 Å². The smallest absolute Gasteiger partial charge is 0.370 e. The Bertz CT molecular complexity index is 183. The van der Waals surface area contributed by atoms with Gasteiger partial charge in [0, 0.05) is 6.04 Å². The second-order valence-electron chi connectivity index (χ2n) is 4.71. The van der Waals surface area contributed by atoms with Gasteiger partial charge in [0.15, 0.2) is 0 Å². The van der Waals surface area contributed by atoms with Crippen molar-refractivity contribution in [2.45, 2.75) is 52.3 Å². The summed E-state index contributed by atoms with van der Waals surface area (Å²) in [5.41, 5.74) is 0. The lowest BCUT2D eigenvalue weighted by Gasteiger charge is -2.19. The third kappa shape index (κ3) is 12.0. The van der Waals surface area contributed by atoms with Gasteiger partial charge >= 0.3 is 6.18 Å². The van der Waals surface area contributed by atoms with E-state index < -0.39 is 12.8 Å². The molecule has 5 heteroatoms. The van der Waals surface area contributed by atoms with Crippen molar-refractivity contribution in [1.29, 1.82) is 0 Å². The molecule has 0 aromatic carbocycles. The molecule has 17 heavy (non-hydrogen) atoms. The van der Waals surface area contributed by atoms with Crippen LogP contribution in [0.15, 0.2) is 0 Å². The van der Waals surface area contributed by atoms with E-state index in [1.54, 1.807) is 0 Å². The zero-order chi connectivity index (χ0) is 13.3. The van der Waals surface area contributed by atoms with E-state index in [1.165, 1.54) is 0 Å². The molecule has 1 N–H and O–H groups in total. The first-order valence-corrected chi connectivity index (χ1v) is 6.23. The fraction of sp³-hybridized carbons (Fsp3) is 1.00. The minimum Gasteiger partial charge on any atom is -0.370 e. The van der Waals surface area contributed by atoms with Gasteiger partial charge in [0.1, 0.15) is 6.61 Å². The Morgan fingerprint density at radius 2 is 1.82 bits per heavy atom. The molecule has 0 bridgehead atoms. The SMILES string of the molecule is CCNC(CCCC(C)C)COCC(F)(F)F. The van der Waals surface area contributed by atoms with Gasteiger partial charge in [-0.15, -0.1) is 0 Å². The van der Waals surface area contributed by atoms with Gasteiger partial charge in [0.2, 0.25) is 0 Å². The summed E-state index contributed by atoms with van der Waals surface area (Å²) >= 11 is 0. The van der Waals surface area contributed by atoms with E-state index in [2.05, 4.69) is 23.9 Å². The van der Waals surface area contributed by atoms with Crippen LogP contribution in [-0.2, 0) is 4.74 Å². The molecule has 1 unspecified atom stereocenters. The van der Waals surface area contributed by atoms with Crippen LogP contribution in [0.2, 0.25) is 0 Å². The highest BCUT2D eigenvalue weighted by atomic mass is 19.4. The maximum atomic E-state index is 11.9. The molecular formula is C12H24F3NO. The molecule has 1 atom stereocenters. The van der Waals surface area contributed by atoms with Crippen molar-refractivity contribution in [2.24, 2.45) is 5.92 Å². The lowest BCUT2D eigenvalue weighted by Crippen LogP contribution is -2.34. The van der Waals surface area contributed by atoms with Crippen LogP contribution in [0.25, 0.3) is 0 Å². The number of hydrogen-bond donors (Lipinski definition) is 1. The molecule has 0 saturated carbocycles. The molecule has 0 heterocycles. The molecule has 0 saturated heterocycles. The van der Waals surface area contributed by atoms with Gasteiger partial charge in [-0.25, -0.2) is 0 Å². The quantitative estimate of drug-likeness (QED) is 0.682. The van der Waals surface area contributed by atoms with E-state index in [4.69, 9.17) is 0 Å². The summed E-state index contributed by atoms with van der Waals surface area (Å²) in [5, 5.41) is 3.15. The molecule has 0 fully saturated rings. The van der Waals surface area contributed by atoms with Crippen molar-refractivity contribution in [3.8, 4) is 0 Å². The maximum Gasteiger partial charge on any atom is 0.411 e. The Morgan fingerprint density at radius 1 is 1.18 bits per heavy atom. The fourth-order valence-electron chi connectivity index (χ4n) is 1.62. The molecule has 0 amide bonds. The first kappa shape index (κ1) is 16.7. The van der Waals surface area contributed by atoms with Gasteiger partial charge in [-0.3, -0.25) is 0 Å². The van der Waals surface area contributed by atoms with Gasteiger partial charge in [-0.2, -0.15) is 13.2 Å². The van der Waals surface area contributed by atoms with Crippen LogP contribution in [0.1, 0.15) is 40.0 Å². The largest absolute Gasteiger partial charge is 0.411 e. The molecule has 0 aliphatic carbocycles. The standard InChI is InChI=1S/C12H24F3NO/c1-4-16-11(7-5-6-10(2)3)8-17-9-12(13,14)15/h10-11,16H,4-9H2,1-3H3. The molecule has 0 aromatic heterocycles. The predicted molar refractivity (Wildman–Crippen MR) is 63.0 cm³/mol. The average molecular weight is 255 g/mol. The van der Waals surface area contributed by atoms with Crippen LogP contribution < -0.4 is 5.32 Å². The Labute approximate surface area is 102 Å². The number of likely N-dealkylation sites (N-methyl/N-ethyl adjacent to an activating group) is 1. The Hall–Kier alpha value is -0.290. The van der Waals surface area contributed by atoms with Crippen molar-refractivity contribution in [3.63, 3.8) is 0 Å². The number of nitrogens with one attached hydrogen (secondary N) is 1. The monoisotopic (exact) mass is 255 g/mol. The minimum atomic E-state index is -4.23. The highest BCUT2D eigenvalue weighted by molar-refractivity contribution is 4.66. The Balaban J connectivity index is 3.74. The summed E-state index contributed by atoms with van der Waals surface area (Å²) < 4.78 is 40.4. The van der Waals surface area contributed by atoms with E-state index in [1.807, 2.05) is 6.92 Å². The number of halogens is 3. The highest BCUT2D eigenvalue weighted by Gasteiger charge is 2.27. The van der Waals surface area contributed by atoms with Gasteiger partial charge in [0.25, 0.3) is 0 Å². The molecular weight excluding hydrogens is 231 g/mol. The van der Waals surface area contributed by atoms with Gasteiger partial charge in [-0.1, -0.05) is 33.6 Å². The van der Waals surface area contributed by atoms with Crippen molar-refractivity contribution in [3.05, 3.63) is 0 Å². The first-order chi connectivity index (χ1) is 7.85. The summed E-state index contributed by atoms with van der Waals surface area (Å²) in [6.45, 7) is 5.95. The molecule has 104 valence electrons. The summed E-state index contributed by atoms with van der Waals surface area (Å²) in [5.74, 6) is 0.633. The normalized spacial score (nSPS) is 14.3. The third-order valence-corrected chi connectivity index (χ3v) is 2.41. The maximum absolute atomic E-state index is 11.9. The summed E-state index contributed by atoms with van der Waals surface area (Å²) in [7, 11) is 0. The van der Waals surface area contributed by atoms with Crippen molar-refractivity contribution >= 4 is 0 Å².